The Bertz CT molecular complexity index is 424. The zero-order chi connectivity index (χ0) is 12.5. The maximum Gasteiger partial charge on any atom is 0.272 e. The molecule has 5 heteroatoms. The molecule has 1 aliphatic heterocycles. The Morgan fingerprint density at radius 2 is 2.12 bits per heavy atom. The predicted molar refractivity (Wildman–Crippen MR) is 65.0 cm³/mol. The van der Waals surface area contributed by atoms with Crippen LogP contribution in [0, 0.1) is 0 Å². The van der Waals surface area contributed by atoms with Gasteiger partial charge >= 0.3 is 0 Å². The van der Waals surface area contributed by atoms with Crippen molar-refractivity contribution in [3.8, 4) is 0 Å². The van der Waals surface area contributed by atoms with Gasteiger partial charge < -0.3 is 10.0 Å². The minimum atomic E-state index is -0.654. The highest BCUT2D eigenvalue weighted by atomic mass is 35.5. The van der Waals surface area contributed by atoms with Gasteiger partial charge in [-0.3, -0.25) is 4.79 Å². The first-order valence-electron chi connectivity index (χ1n) is 5.62. The largest absolute Gasteiger partial charge is 0.390 e. The third kappa shape index (κ3) is 2.96. The quantitative estimate of drug-likeness (QED) is 0.777. The topological polar surface area (TPSA) is 53.4 Å². The maximum absolute atomic E-state index is 12.1. The summed E-state index contributed by atoms with van der Waals surface area (Å²) in [6.07, 6.45) is 1.19. The maximum atomic E-state index is 12.1. The second-order valence-corrected chi connectivity index (χ2v) is 5.02. The second-order valence-electron chi connectivity index (χ2n) is 4.63. The number of hydrogen-bond donors (Lipinski definition) is 1. The molecule has 0 radical (unpaired) electrons. The van der Waals surface area contributed by atoms with E-state index in [1.54, 1.807) is 30.0 Å². The van der Waals surface area contributed by atoms with Crippen molar-refractivity contribution in [2.24, 2.45) is 0 Å². The average Bonchev–Trinajstić information content (AvgIpc) is 2.28. The highest BCUT2D eigenvalue weighted by molar-refractivity contribution is 6.29. The summed E-state index contributed by atoms with van der Waals surface area (Å²) in [5.41, 5.74) is -0.294. The van der Waals surface area contributed by atoms with E-state index >= 15 is 0 Å². The van der Waals surface area contributed by atoms with Crippen LogP contribution >= 0.6 is 11.6 Å². The average molecular weight is 255 g/mol. The molecule has 17 heavy (non-hydrogen) atoms. The predicted octanol–water partition coefficient (Wildman–Crippen LogP) is 1.72. The van der Waals surface area contributed by atoms with Gasteiger partial charge in [-0.2, -0.15) is 0 Å². The zero-order valence-corrected chi connectivity index (χ0v) is 10.4. The Labute approximate surface area is 105 Å². The minimum absolute atomic E-state index is 0.122. The zero-order valence-electron chi connectivity index (χ0n) is 9.69. The van der Waals surface area contributed by atoms with Crippen molar-refractivity contribution < 1.29 is 9.90 Å². The molecule has 2 heterocycles. The summed E-state index contributed by atoms with van der Waals surface area (Å²) in [6.45, 7) is 2.91. The van der Waals surface area contributed by atoms with Crippen molar-refractivity contribution in [2.45, 2.75) is 25.4 Å². The van der Waals surface area contributed by atoms with Gasteiger partial charge in [0.05, 0.1) is 5.60 Å². The number of carbonyl (C=O) groups excluding carboxylic acids is 1. The first-order valence-corrected chi connectivity index (χ1v) is 6.00. The van der Waals surface area contributed by atoms with Crippen molar-refractivity contribution in [3.63, 3.8) is 0 Å². The Morgan fingerprint density at radius 3 is 2.71 bits per heavy atom. The Kier molecular flexibility index (Phi) is 3.35. The van der Waals surface area contributed by atoms with Crippen LogP contribution in [0.25, 0.3) is 0 Å². The molecule has 1 aliphatic rings. The molecule has 2 rings (SSSR count). The van der Waals surface area contributed by atoms with Gasteiger partial charge in [-0.1, -0.05) is 17.7 Å². The summed E-state index contributed by atoms with van der Waals surface area (Å²) in [7, 11) is 0. The molecule has 1 saturated heterocycles. The number of nitrogens with zero attached hydrogens (tertiary/aromatic N) is 2. The van der Waals surface area contributed by atoms with E-state index in [-0.39, 0.29) is 5.91 Å². The fourth-order valence-electron chi connectivity index (χ4n) is 1.88. The summed E-state index contributed by atoms with van der Waals surface area (Å²) >= 11 is 5.75. The fourth-order valence-corrected chi connectivity index (χ4v) is 2.04. The van der Waals surface area contributed by atoms with Gasteiger partial charge in [0.1, 0.15) is 10.8 Å². The van der Waals surface area contributed by atoms with E-state index in [9.17, 15) is 9.90 Å². The summed E-state index contributed by atoms with van der Waals surface area (Å²) in [5, 5.41) is 10.1. The van der Waals surface area contributed by atoms with Crippen molar-refractivity contribution in [2.75, 3.05) is 13.1 Å². The molecule has 0 unspecified atom stereocenters. The lowest BCUT2D eigenvalue weighted by Gasteiger charge is -2.35. The fraction of sp³-hybridized carbons (Fsp3) is 0.500. The van der Waals surface area contributed by atoms with Crippen LogP contribution in [0.2, 0.25) is 5.15 Å². The number of rotatable bonds is 1. The van der Waals surface area contributed by atoms with Crippen molar-refractivity contribution in [3.05, 3.63) is 29.0 Å². The van der Waals surface area contributed by atoms with Gasteiger partial charge in [-0.05, 0) is 31.9 Å². The monoisotopic (exact) mass is 254 g/mol. The van der Waals surface area contributed by atoms with Crippen LogP contribution in [0.15, 0.2) is 18.2 Å². The molecule has 0 atom stereocenters. The first kappa shape index (κ1) is 12.3. The SMILES string of the molecule is CC1(O)CCN(C(=O)c2cccc(Cl)n2)CC1. The first-order chi connectivity index (χ1) is 7.98. The molecule has 0 saturated carbocycles. The van der Waals surface area contributed by atoms with E-state index < -0.39 is 5.60 Å². The standard InChI is InChI=1S/C12H15ClN2O2/c1-12(17)5-7-15(8-6-12)11(16)9-3-2-4-10(13)14-9/h2-4,17H,5-8H2,1H3. The minimum Gasteiger partial charge on any atom is -0.390 e. The highest BCUT2D eigenvalue weighted by Gasteiger charge is 2.30. The Balaban J connectivity index is 2.07. The number of hydrogen-bond acceptors (Lipinski definition) is 3. The smallest absolute Gasteiger partial charge is 0.272 e. The molecule has 4 nitrogen and oxygen atoms in total. The number of amides is 1. The molecule has 92 valence electrons. The van der Waals surface area contributed by atoms with Gasteiger partial charge in [0.15, 0.2) is 0 Å². The van der Waals surface area contributed by atoms with Crippen LogP contribution in [0.4, 0.5) is 0 Å². The molecule has 1 aromatic rings. The van der Waals surface area contributed by atoms with Gasteiger partial charge in [0.25, 0.3) is 5.91 Å². The van der Waals surface area contributed by atoms with Crippen LogP contribution in [0.5, 0.6) is 0 Å². The molecule has 0 spiro atoms. The number of carbonyl (C=O) groups is 1. The van der Waals surface area contributed by atoms with E-state index in [1.165, 1.54) is 0 Å². The van der Waals surface area contributed by atoms with Gasteiger partial charge in [-0.25, -0.2) is 4.98 Å². The lowest BCUT2D eigenvalue weighted by Crippen LogP contribution is -2.45. The molecule has 0 aliphatic carbocycles. The summed E-state index contributed by atoms with van der Waals surface area (Å²) in [5.74, 6) is -0.122. The molecule has 0 aromatic carbocycles. The van der Waals surface area contributed by atoms with Crippen LogP contribution in [0.1, 0.15) is 30.3 Å². The van der Waals surface area contributed by atoms with E-state index in [0.29, 0.717) is 36.8 Å². The second kappa shape index (κ2) is 4.63. The Hall–Kier alpha value is -1.13. The number of pyridine rings is 1. The van der Waals surface area contributed by atoms with Crippen LogP contribution < -0.4 is 0 Å². The molecular weight excluding hydrogens is 240 g/mol. The molecule has 1 N–H and O–H groups in total. The summed E-state index contributed by atoms with van der Waals surface area (Å²) < 4.78 is 0. The van der Waals surface area contributed by atoms with E-state index in [0.717, 1.165) is 0 Å². The molecule has 0 bridgehead atoms. The number of aliphatic hydroxyl groups is 1. The number of halogens is 1. The van der Waals surface area contributed by atoms with Gasteiger partial charge in [-0.15, -0.1) is 0 Å². The van der Waals surface area contributed by atoms with Crippen LogP contribution in [-0.2, 0) is 0 Å². The van der Waals surface area contributed by atoms with E-state index in [1.807, 2.05) is 0 Å². The number of likely N-dealkylation sites (tertiary alicyclic amines) is 1. The normalized spacial score (nSPS) is 19.1. The summed E-state index contributed by atoms with van der Waals surface area (Å²) in [6, 6.07) is 5.00. The van der Waals surface area contributed by atoms with Crippen molar-refractivity contribution in [1.29, 1.82) is 0 Å². The van der Waals surface area contributed by atoms with E-state index in [2.05, 4.69) is 4.98 Å². The lowest BCUT2D eigenvalue weighted by molar-refractivity contribution is -0.00219. The third-order valence-electron chi connectivity index (χ3n) is 3.06. The van der Waals surface area contributed by atoms with Crippen molar-refractivity contribution in [1.82, 2.24) is 9.88 Å². The molecule has 1 amide bonds. The van der Waals surface area contributed by atoms with Crippen LogP contribution in [-0.4, -0.2) is 39.6 Å². The number of aromatic nitrogens is 1. The van der Waals surface area contributed by atoms with Gasteiger partial charge in [0, 0.05) is 13.1 Å². The lowest BCUT2D eigenvalue weighted by atomic mass is 9.94. The molecular formula is C12H15ClN2O2. The van der Waals surface area contributed by atoms with E-state index in [4.69, 9.17) is 11.6 Å². The third-order valence-corrected chi connectivity index (χ3v) is 3.27. The summed E-state index contributed by atoms with van der Waals surface area (Å²) in [4.78, 5) is 17.8. The molecule has 1 fully saturated rings. The van der Waals surface area contributed by atoms with Gasteiger partial charge in [0.2, 0.25) is 0 Å². The number of piperidine rings is 1. The highest BCUT2D eigenvalue weighted by Crippen LogP contribution is 2.22. The van der Waals surface area contributed by atoms with Crippen molar-refractivity contribution >= 4 is 17.5 Å². The Morgan fingerprint density at radius 1 is 1.47 bits per heavy atom. The molecule has 1 aromatic heterocycles. The van der Waals surface area contributed by atoms with Crippen LogP contribution in [0.3, 0.4) is 0 Å².